The Morgan fingerprint density at radius 1 is 1.06 bits per heavy atom. The molecule has 0 bridgehead atoms. The largest absolute Gasteiger partial charge is 0.505 e. The van der Waals surface area contributed by atoms with Crippen molar-refractivity contribution in [2.45, 2.75) is 62.1 Å². The van der Waals surface area contributed by atoms with Gasteiger partial charge in [0.2, 0.25) is 5.91 Å². The number of nitrogens with one attached hydrogen (secondary N) is 2. The number of hydrogen-bond donors (Lipinski definition) is 8. The average molecular weight is 693 g/mol. The summed E-state index contributed by atoms with van der Waals surface area (Å²) in [5, 5.41) is 59.1. The Hall–Kier alpha value is -4.54. The van der Waals surface area contributed by atoms with Crippen molar-refractivity contribution in [3.63, 3.8) is 0 Å². The molecule has 266 valence electrons. The fourth-order valence-electron chi connectivity index (χ4n) is 8.24. The summed E-state index contributed by atoms with van der Waals surface area (Å²) in [6, 6.07) is 6.94. The van der Waals surface area contributed by atoms with E-state index < -0.39 is 107 Å². The minimum Gasteiger partial charge on any atom is -0.505 e. The summed E-state index contributed by atoms with van der Waals surface area (Å²) in [7, 11) is 3.49. The molecule has 3 unspecified atom stereocenters. The normalized spacial score (nSPS) is 32.2. The second-order valence-electron chi connectivity index (χ2n) is 14.0. The van der Waals surface area contributed by atoms with Gasteiger partial charge in [-0.1, -0.05) is 24.3 Å². The number of rotatable bonds is 8. The Bertz CT molecular complexity index is 1810. The molecule has 0 aromatic heterocycles. The van der Waals surface area contributed by atoms with Crippen LogP contribution in [0, 0.1) is 23.7 Å². The molecule has 2 aromatic rings. The van der Waals surface area contributed by atoms with E-state index in [0.29, 0.717) is 22.4 Å². The van der Waals surface area contributed by atoms with Crippen molar-refractivity contribution in [2.75, 3.05) is 30.9 Å². The predicted octanol–water partition coefficient (Wildman–Crippen LogP) is -1.83. The number of Topliss-reactive ketones (excluding diaryl/α,β-unsaturated/α-hetero) is 5. The van der Waals surface area contributed by atoms with Crippen LogP contribution in [-0.4, -0.2) is 111 Å². The van der Waals surface area contributed by atoms with Crippen LogP contribution in [0.3, 0.4) is 0 Å². The number of piperidine rings is 1. The smallest absolute Gasteiger partial charge is 0.235 e. The minimum atomic E-state index is -2.75. The summed E-state index contributed by atoms with van der Waals surface area (Å²) >= 11 is 0. The quantitative estimate of drug-likeness (QED) is 0.112. The number of aromatic hydroxyl groups is 1. The molecule has 2 saturated carbocycles. The lowest BCUT2D eigenvalue weighted by molar-refractivity contribution is -0.175. The van der Waals surface area contributed by atoms with Crippen molar-refractivity contribution < 1.29 is 54.3 Å². The molecule has 9 N–H and O–H groups in total. The fraction of sp³-hybridized carbons (Fsp3) is 0.486. The van der Waals surface area contributed by atoms with E-state index in [1.165, 1.54) is 0 Å². The van der Waals surface area contributed by atoms with Gasteiger partial charge in [0.15, 0.2) is 40.4 Å². The van der Waals surface area contributed by atoms with Gasteiger partial charge in [-0.3, -0.25) is 34.1 Å². The highest BCUT2D eigenvalue weighted by molar-refractivity contribution is 6.31. The zero-order chi connectivity index (χ0) is 36.4. The number of anilines is 2. The lowest BCUT2D eigenvalue weighted by Crippen LogP contribution is -2.68. The second-order valence-corrected chi connectivity index (χ2v) is 14.0. The molecule has 0 radical (unpaired) electrons. The molecule has 4 aliphatic rings. The number of ketones is 5. The van der Waals surface area contributed by atoms with E-state index >= 15 is 0 Å². The Morgan fingerprint density at radius 2 is 1.74 bits per heavy atom. The number of aliphatic hydroxyl groups excluding tert-OH is 3. The number of phenolic OH excluding ortho intramolecular Hbond substituents is 1. The number of fused-ring (bicyclic) bond motifs is 3. The molecular formula is C35H40N4O11. The van der Waals surface area contributed by atoms with Crippen molar-refractivity contribution in [1.29, 1.82) is 0 Å². The zero-order valence-electron chi connectivity index (χ0n) is 27.5. The van der Waals surface area contributed by atoms with Crippen LogP contribution in [0.25, 0.3) is 0 Å². The van der Waals surface area contributed by atoms with Gasteiger partial charge in [0, 0.05) is 38.7 Å². The van der Waals surface area contributed by atoms with E-state index in [-0.39, 0.29) is 37.1 Å². The predicted molar refractivity (Wildman–Crippen MR) is 175 cm³/mol. The molecule has 1 heterocycles. The molecule has 1 aliphatic heterocycles. The zero-order valence-corrected chi connectivity index (χ0v) is 27.5. The maximum Gasteiger partial charge on any atom is 0.235 e. The van der Waals surface area contributed by atoms with Gasteiger partial charge < -0.3 is 41.5 Å². The van der Waals surface area contributed by atoms with E-state index in [2.05, 4.69) is 10.6 Å². The number of aliphatic hydroxyl groups is 4. The maximum atomic E-state index is 14.2. The van der Waals surface area contributed by atoms with Crippen LogP contribution in [0.2, 0.25) is 0 Å². The third-order valence-electron chi connectivity index (χ3n) is 10.9. The molecule has 2 aromatic carbocycles. The van der Waals surface area contributed by atoms with E-state index in [9.17, 15) is 54.3 Å². The summed E-state index contributed by atoms with van der Waals surface area (Å²) in [5.74, 6) is -11.6. The third-order valence-corrected chi connectivity index (χ3v) is 10.9. The Morgan fingerprint density at radius 3 is 2.38 bits per heavy atom. The Balaban J connectivity index is 1.30. The standard InChI is InChI=1S/C35H40N4O11/c1-39(2)22-11-19(37-12-15-6-4-3-5-14(15)9-20-28(43)31(46)29(44)21(13-40)38-20)27(42)25-18(22)8-16-7-17-10-23(41)26(34(36)49)33(48)35(17,50)32(47)24(16)30(25)45/h3-6,11,16-17,20-21,24,26,29,31,37-38,40,42,44,46,50H,7-10,12-13H2,1-2H3,(H2,36,49)/t16-,17+,20?,21+,24?,26?,29-,31+,35+/m1/s1. The Labute approximate surface area is 286 Å². The number of nitrogens with two attached hydrogens (primary N) is 1. The molecule has 15 nitrogen and oxygen atoms in total. The number of carbonyl (C=O) groups is 6. The van der Waals surface area contributed by atoms with Crippen LogP contribution in [0.5, 0.6) is 5.75 Å². The highest BCUT2D eigenvalue weighted by atomic mass is 16.3. The van der Waals surface area contributed by atoms with Crippen molar-refractivity contribution in [1.82, 2.24) is 5.32 Å². The average Bonchev–Trinajstić information content (AvgIpc) is 3.06. The van der Waals surface area contributed by atoms with E-state index in [1.807, 2.05) is 0 Å². The van der Waals surface area contributed by atoms with Crippen LogP contribution in [0.1, 0.15) is 39.9 Å². The first-order valence-electron chi connectivity index (χ1n) is 16.4. The first-order valence-corrected chi connectivity index (χ1v) is 16.4. The van der Waals surface area contributed by atoms with Crippen LogP contribution in [0.4, 0.5) is 11.4 Å². The van der Waals surface area contributed by atoms with E-state index in [0.717, 1.165) is 0 Å². The van der Waals surface area contributed by atoms with Gasteiger partial charge >= 0.3 is 0 Å². The number of phenols is 1. The van der Waals surface area contributed by atoms with Gasteiger partial charge in [0.05, 0.1) is 35.9 Å². The molecule has 50 heavy (non-hydrogen) atoms. The van der Waals surface area contributed by atoms with Gasteiger partial charge in [-0.2, -0.15) is 0 Å². The molecular weight excluding hydrogens is 652 g/mol. The van der Waals surface area contributed by atoms with Crippen LogP contribution in [-0.2, 0) is 43.4 Å². The molecule has 6 rings (SSSR count). The van der Waals surface area contributed by atoms with Crippen molar-refractivity contribution >= 4 is 46.2 Å². The van der Waals surface area contributed by atoms with Gasteiger partial charge in [-0.25, -0.2) is 0 Å². The highest BCUT2D eigenvalue weighted by Gasteiger charge is 2.66. The minimum absolute atomic E-state index is 0.0150. The molecule has 3 aliphatic carbocycles. The van der Waals surface area contributed by atoms with Gasteiger partial charge in [0.25, 0.3) is 0 Å². The van der Waals surface area contributed by atoms with Crippen molar-refractivity contribution in [2.24, 2.45) is 29.4 Å². The SMILES string of the molecule is CN(C)c1cc(NCc2ccccc2CC2N[C@@H](CO)[C@@H](O)[C@@H](O)C2=O)c(O)c2c1C[C@H]1C[C@H]3CC(=O)C(C(N)=O)C(=O)[C@@]3(O)C(=O)C1C2=O. The number of benzene rings is 2. The van der Waals surface area contributed by atoms with E-state index in [4.69, 9.17) is 5.73 Å². The monoisotopic (exact) mass is 692 g/mol. The highest BCUT2D eigenvalue weighted by Crippen LogP contribution is 2.52. The third kappa shape index (κ3) is 5.49. The van der Waals surface area contributed by atoms with Gasteiger partial charge in [0.1, 0.15) is 18.0 Å². The molecule has 9 atom stereocenters. The summed E-state index contributed by atoms with van der Waals surface area (Å²) < 4.78 is 0. The molecule has 1 amide bonds. The summed E-state index contributed by atoms with van der Waals surface area (Å²) in [6.07, 6.45) is -3.30. The Kier molecular flexibility index (Phi) is 9.16. The van der Waals surface area contributed by atoms with Gasteiger partial charge in [-0.15, -0.1) is 0 Å². The van der Waals surface area contributed by atoms with Crippen LogP contribution < -0.4 is 21.3 Å². The second kappa shape index (κ2) is 13.0. The van der Waals surface area contributed by atoms with Crippen molar-refractivity contribution in [3.8, 4) is 5.75 Å². The summed E-state index contributed by atoms with van der Waals surface area (Å²) in [5.41, 5.74) is 4.95. The number of nitrogens with zero attached hydrogens (tertiary/aromatic N) is 1. The maximum absolute atomic E-state index is 14.2. The molecule has 1 saturated heterocycles. The number of carbonyl (C=O) groups excluding carboxylic acids is 6. The summed E-state index contributed by atoms with van der Waals surface area (Å²) in [6.45, 7) is -0.394. The van der Waals surface area contributed by atoms with Crippen molar-refractivity contribution in [3.05, 3.63) is 52.6 Å². The first-order chi connectivity index (χ1) is 23.6. The fourth-order valence-corrected chi connectivity index (χ4v) is 8.24. The molecule has 3 fully saturated rings. The van der Waals surface area contributed by atoms with Crippen LogP contribution >= 0.6 is 0 Å². The molecule has 15 heteroatoms. The summed E-state index contributed by atoms with van der Waals surface area (Å²) in [4.78, 5) is 80.5. The lowest BCUT2D eigenvalue weighted by atomic mass is 9.53. The van der Waals surface area contributed by atoms with E-state index in [1.54, 1.807) is 49.3 Å². The topological polar surface area (TPSA) is 257 Å². The van der Waals surface area contributed by atoms with Crippen LogP contribution in [0.15, 0.2) is 30.3 Å². The lowest BCUT2D eigenvalue weighted by Gasteiger charge is -2.48. The number of primary amides is 1. The number of hydrogen-bond acceptors (Lipinski definition) is 14. The van der Waals surface area contributed by atoms with Gasteiger partial charge in [-0.05, 0) is 47.9 Å². The molecule has 0 spiro atoms. The first kappa shape index (κ1) is 35.3. The number of amides is 1.